The maximum absolute atomic E-state index is 13.1. The van der Waals surface area contributed by atoms with Crippen LogP contribution in [0.2, 0.25) is 0 Å². The van der Waals surface area contributed by atoms with Gasteiger partial charge in [-0.15, -0.1) is 0 Å². The van der Waals surface area contributed by atoms with Gasteiger partial charge in [0.2, 0.25) is 5.91 Å². The van der Waals surface area contributed by atoms with Crippen molar-refractivity contribution in [2.75, 3.05) is 25.0 Å². The third-order valence-corrected chi connectivity index (χ3v) is 4.95. The molecule has 1 saturated carbocycles. The standard InChI is InChI=1S/C17H22F2N2O/c18-15-6-5-14(9-16(15)19)20-17(22)11-21-8-7-12-3-1-2-4-13(12)10-21/h5-6,9,12-13H,1-4,7-8,10-11H2,(H,20,22)/t12-,13-/m1/s1. The number of fused-ring (bicyclic) bond motifs is 1. The number of carbonyl (C=O) groups excluding carboxylic acids is 1. The fourth-order valence-electron chi connectivity index (χ4n) is 3.80. The number of hydrogen-bond donors (Lipinski definition) is 1. The lowest BCUT2D eigenvalue weighted by Crippen LogP contribution is -2.44. The molecular formula is C17H22F2N2O. The quantitative estimate of drug-likeness (QED) is 0.928. The lowest BCUT2D eigenvalue weighted by molar-refractivity contribution is -0.118. The molecule has 2 atom stereocenters. The van der Waals surface area contributed by atoms with Gasteiger partial charge in [0, 0.05) is 18.3 Å². The number of halogens is 2. The lowest BCUT2D eigenvalue weighted by Gasteiger charge is -2.41. The molecular weight excluding hydrogens is 286 g/mol. The van der Waals surface area contributed by atoms with Gasteiger partial charge in [-0.3, -0.25) is 9.69 Å². The molecule has 0 bridgehead atoms. The minimum atomic E-state index is -0.944. The number of rotatable bonds is 3. The predicted octanol–water partition coefficient (Wildman–Crippen LogP) is 3.42. The molecule has 1 aliphatic carbocycles. The molecule has 0 unspecified atom stereocenters. The molecule has 0 spiro atoms. The van der Waals surface area contributed by atoms with Gasteiger partial charge in [0.05, 0.1) is 6.54 Å². The summed E-state index contributed by atoms with van der Waals surface area (Å²) in [7, 11) is 0. The van der Waals surface area contributed by atoms with Gasteiger partial charge < -0.3 is 5.32 Å². The molecule has 2 fully saturated rings. The Labute approximate surface area is 129 Å². The van der Waals surface area contributed by atoms with Gasteiger partial charge in [-0.25, -0.2) is 8.78 Å². The Balaban J connectivity index is 1.52. The topological polar surface area (TPSA) is 32.3 Å². The lowest BCUT2D eigenvalue weighted by atomic mass is 9.75. The third-order valence-electron chi connectivity index (χ3n) is 4.95. The van der Waals surface area contributed by atoms with Crippen molar-refractivity contribution in [2.45, 2.75) is 32.1 Å². The average molecular weight is 308 g/mol. The van der Waals surface area contributed by atoms with Crippen molar-refractivity contribution in [2.24, 2.45) is 11.8 Å². The van der Waals surface area contributed by atoms with Gasteiger partial charge in [-0.1, -0.05) is 19.3 Å². The third kappa shape index (κ3) is 3.64. The molecule has 1 amide bonds. The van der Waals surface area contributed by atoms with Crippen LogP contribution in [-0.2, 0) is 4.79 Å². The maximum Gasteiger partial charge on any atom is 0.238 e. The summed E-state index contributed by atoms with van der Waals surface area (Å²) in [5.74, 6) is -0.462. The van der Waals surface area contributed by atoms with E-state index in [2.05, 4.69) is 10.2 Å². The summed E-state index contributed by atoms with van der Waals surface area (Å²) in [6.45, 7) is 2.25. The summed E-state index contributed by atoms with van der Waals surface area (Å²) < 4.78 is 26.0. The first-order valence-electron chi connectivity index (χ1n) is 8.09. The maximum atomic E-state index is 13.1. The SMILES string of the molecule is O=C(CN1CC[C@H]2CCCC[C@@H]2C1)Nc1ccc(F)c(F)c1. The smallest absolute Gasteiger partial charge is 0.238 e. The van der Waals surface area contributed by atoms with E-state index in [1.54, 1.807) is 0 Å². The average Bonchev–Trinajstić information content (AvgIpc) is 2.51. The second-order valence-electron chi connectivity index (χ2n) is 6.51. The Bertz CT molecular complexity index is 549. The van der Waals surface area contributed by atoms with Crippen LogP contribution >= 0.6 is 0 Å². The molecule has 0 aromatic heterocycles. The van der Waals surface area contributed by atoms with Crippen LogP contribution in [0.3, 0.4) is 0 Å². The molecule has 3 nitrogen and oxygen atoms in total. The minimum absolute atomic E-state index is 0.166. The number of nitrogens with zero attached hydrogens (tertiary/aromatic N) is 1. The highest BCUT2D eigenvalue weighted by molar-refractivity contribution is 5.92. The van der Waals surface area contributed by atoms with Crippen molar-refractivity contribution in [1.29, 1.82) is 0 Å². The van der Waals surface area contributed by atoms with E-state index in [9.17, 15) is 13.6 Å². The first kappa shape index (κ1) is 15.4. The molecule has 5 heteroatoms. The first-order chi connectivity index (χ1) is 10.6. The molecule has 1 saturated heterocycles. The zero-order valence-corrected chi connectivity index (χ0v) is 12.7. The molecule has 22 heavy (non-hydrogen) atoms. The zero-order valence-electron chi connectivity index (χ0n) is 12.7. The van der Waals surface area contributed by atoms with Gasteiger partial charge in [0.15, 0.2) is 11.6 Å². The molecule has 1 aromatic rings. The van der Waals surface area contributed by atoms with Crippen LogP contribution in [0.1, 0.15) is 32.1 Å². The van der Waals surface area contributed by atoms with E-state index in [-0.39, 0.29) is 5.91 Å². The van der Waals surface area contributed by atoms with Gasteiger partial charge in [0.25, 0.3) is 0 Å². The zero-order chi connectivity index (χ0) is 15.5. The predicted molar refractivity (Wildman–Crippen MR) is 81.5 cm³/mol. The Morgan fingerprint density at radius 1 is 1.14 bits per heavy atom. The van der Waals surface area contributed by atoms with E-state index in [4.69, 9.17) is 0 Å². The van der Waals surface area contributed by atoms with Crippen molar-refractivity contribution in [3.05, 3.63) is 29.8 Å². The molecule has 1 aromatic carbocycles. The summed E-state index contributed by atoms with van der Waals surface area (Å²) in [5.41, 5.74) is 0.302. The summed E-state index contributed by atoms with van der Waals surface area (Å²) >= 11 is 0. The first-order valence-corrected chi connectivity index (χ1v) is 8.09. The summed E-state index contributed by atoms with van der Waals surface area (Å²) in [4.78, 5) is 14.3. The second-order valence-corrected chi connectivity index (χ2v) is 6.51. The van der Waals surface area contributed by atoms with Gasteiger partial charge in [-0.05, 0) is 43.4 Å². The van der Waals surface area contributed by atoms with Gasteiger partial charge in [-0.2, -0.15) is 0 Å². The molecule has 0 radical (unpaired) electrons. The van der Waals surface area contributed by atoms with Crippen LogP contribution in [0.15, 0.2) is 18.2 Å². The summed E-state index contributed by atoms with van der Waals surface area (Å²) in [6, 6.07) is 3.42. The molecule has 2 aliphatic rings. The van der Waals surface area contributed by atoms with E-state index >= 15 is 0 Å². The largest absolute Gasteiger partial charge is 0.325 e. The number of amides is 1. The fourth-order valence-corrected chi connectivity index (χ4v) is 3.80. The van der Waals surface area contributed by atoms with Crippen LogP contribution < -0.4 is 5.32 Å². The number of nitrogens with one attached hydrogen (secondary N) is 1. The van der Waals surface area contributed by atoms with Gasteiger partial charge >= 0.3 is 0 Å². The molecule has 1 aliphatic heterocycles. The van der Waals surface area contributed by atoms with Crippen LogP contribution in [-0.4, -0.2) is 30.4 Å². The normalized spacial score (nSPS) is 25.5. The Kier molecular flexibility index (Phi) is 4.71. The van der Waals surface area contributed by atoms with Crippen LogP contribution in [0, 0.1) is 23.5 Å². The van der Waals surface area contributed by atoms with Crippen LogP contribution in [0.25, 0.3) is 0 Å². The molecule has 1 N–H and O–H groups in total. The number of anilines is 1. The summed E-state index contributed by atoms with van der Waals surface area (Å²) in [5, 5.41) is 2.64. The second kappa shape index (κ2) is 6.73. The number of benzene rings is 1. The van der Waals surface area contributed by atoms with Crippen molar-refractivity contribution in [3.63, 3.8) is 0 Å². The Hall–Kier alpha value is -1.49. The minimum Gasteiger partial charge on any atom is -0.325 e. The Morgan fingerprint density at radius 2 is 1.91 bits per heavy atom. The van der Waals surface area contributed by atoms with Crippen molar-refractivity contribution < 1.29 is 13.6 Å². The van der Waals surface area contributed by atoms with Gasteiger partial charge in [0.1, 0.15) is 0 Å². The number of likely N-dealkylation sites (tertiary alicyclic amines) is 1. The van der Waals surface area contributed by atoms with E-state index in [0.717, 1.165) is 37.1 Å². The molecule has 1 heterocycles. The monoisotopic (exact) mass is 308 g/mol. The van der Waals surface area contributed by atoms with Crippen molar-refractivity contribution in [1.82, 2.24) is 4.90 Å². The number of piperidine rings is 1. The molecule has 120 valence electrons. The van der Waals surface area contributed by atoms with E-state index in [0.29, 0.717) is 12.2 Å². The number of hydrogen-bond acceptors (Lipinski definition) is 2. The van der Waals surface area contributed by atoms with E-state index in [1.165, 1.54) is 38.2 Å². The fraction of sp³-hybridized carbons (Fsp3) is 0.588. The highest BCUT2D eigenvalue weighted by atomic mass is 19.2. The van der Waals surface area contributed by atoms with Crippen molar-refractivity contribution >= 4 is 11.6 Å². The number of carbonyl (C=O) groups is 1. The molecule has 3 rings (SSSR count). The van der Waals surface area contributed by atoms with Crippen LogP contribution in [0.4, 0.5) is 14.5 Å². The van der Waals surface area contributed by atoms with E-state index in [1.807, 2.05) is 0 Å². The van der Waals surface area contributed by atoms with Crippen LogP contribution in [0.5, 0.6) is 0 Å². The Morgan fingerprint density at radius 3 is 2.68 bits per heavy atom. The highest BCUT2D eigenvalue weighted by Gasteiger charge is 2.31. The summed E-state index contributed by atoms with van der Waals surface area (Å²) in [6.07, 6.45) is 6.42. The van der Waals surface area contributed by atoms with Crippen molar-refractivity contribution in [3.8, 4) is 0 Å². The highest BCUT2D eigenvalue weighted by Crippen LogP contribution is 2.35. The van der Waals surface area contributed by atoms with E-state index < -0.39 is 11.6 Å².